The lowest BCUT2D eigenvalue weighted by Gasteiger charge is -2.13. The molecule has 1 aliphatic rings. The molecule has 2 heteroatoms. The van der Waals surface area contributed by atoms with E-state index in [0.717, 1.165) is 23.8 Å². The lowest BCUT2D eigenvalue weighted by molar-refractivity contribution is 0.173. The molecule has 0 N–H and O–H groups in total. The van der Waals surface area contributed by atoms with E-state index >= 15 is 0 Å². The van der Waals surface area contributed by atoms with Crippen LogP contribution in [-0.4, -0.2) is 6.79 Å². The van der Waals surface area contributed by atoms with E-state index in [1.54, 1.807) is 0 Å². The second-order valence-electron chi connectivity index (χ2n) is 5.83. The average molecular weight is 262 g/mol. The van der Waals surface area contributed by atoms with E-state index in [-0.39, 0.29) is 0 Å². The molecule has 0 aromatic heterocycles. The molecule has 0 saturated carbocycles. The summed E-state index contributed by atoms with van der Waals surface area (Å²) in [5.74, 6) is 2.76. The minimum atomic E-state index is 0.369. The lowest BCUT2D eigenvalue weighted by Crippen LogP contribution is -1.98. The highest BCUT2D eigenvalue weighted by Gasteiger charge is 2.20. The minimum Gasteiger partial charge on any atom is -0.453 e. The van der Waals surface area contributed by atoms with E-state index < -0.39 is 0 Å². The molecule has 1 aromatic carbocycles. The Hall–Kier alpha value is -1.18. The Labute approximate surface area is 117 Å². The summed E-state index contributed by atoms with van der Waals surface area (Å²) >= 11 is 0. The summed E-state index contributed by atoms with van der Waals surface area (Å²) in [6.07, 6.45) is 6.38. The smallest absolute Gasteiger partial charge is 0.231 e. The van der Waals surface area contributed by atoms with Crippen LogP contribution in [0.3, 0.4) is 0 Å². The van der Waals surface area contributed by atoms with E-state index in [9.17, 15) is 0 Å². The summed E-state index contributed by atoms with van der Waals surface area (Å²) in [6, 6.07) is 2.27. The predicted molar refractivity (Wildman–Crippen MR) is 79.0 cm³/mol. The van der Waals surface area contributed by atoms with Crippen molar-refractivity contribution in [3.05, 3.63) is 22.8 Å². The fourth-order valence-electron chi connectivity index (χ4n) is 2.97. The molecule has 1 aromatic rings. The molecule has 2 rings (SSSR count). The summed E-state index contributed by atoms with van der Waals surface area (Å²) in [4.78, 5) is 0. The first-order chi connectivity index (χ1) is 9.13. The number of hydrogen-bond donors (Lipinski definition) is 0. The van der Waals surface area contributed by atoms with Crippen molar-refractivity contribution in [1.29, 1.82) is 0 Å². The Morgan fingerprint density at radius 2 is 1.89 bits per heavy atom. The molecule has 0 aliphatic carbocycles. The maximum Gasteiger partial charge on any atom is 0.231 e. The molecule has 0 bridgehead atoms. The van der Waals surface area contributed by atoms with Crippen molar-refractivity contribution in [3.8, 4) is 11.5 Å². The van der Waals surface area contributed by atoms with Gasteiger partial charge in [0.05, 0.1) is 0 Å². The van der Waals surface area contributed by atoms with Crippen LogP contribution in [0.4, 0.5) is 0 Å². The highest BCUT2D eigenvalue weighted by atomic mass is 16.7. The molecule has 106 valence electrons. The van der Waals surface area contributed by atoms with Crippen LogP contribution >= 0.6 is 0 Å². The van der Waals surface area contributed by atoms with Gasteiger partial charge in [0.2, 0.25) is 6.79 Å². The molecule has 0 spiro atoms. The molecule has 0 radical (unpaired) electrons. The van der Waals surface area contributed by atoms with Crippen LogP contribution < -0.4 is 9.47 Å². The molecule has 1 heterocycles. The highest BCUT2D eigenvalue weighted by molar-refractivity contribution is 5.55. The number of fused-ring (bicyclic) bond motifs is 1. The van der Waals surface area contributed by atoms with Crippen LogP contribution in [0.5, 0.6) is 11.5 Å². The van der Waals surface area contributed by atoms with Crippen LogP contribution in [0.2, 0.25) is 0 Å². The van der Waals surface area contributed by atoms with Gasteiger partial charge in [-0.3, -0.25) is 0 Å². The minimum absolute atomic E-state index is 0.369. The number of ether oxygens (including phenoxy) is 2. The number of hydrogen-bond acceptors (Lipinski definition) is 2. The first-order valence-corrected chi connectivity index (χ1v) is 7.52. The molecule has 1 unspecified atom stereocenters. The first kappa shape index (κ1) is 14.2. The summed E-state index contributed by atoms with van der Waals surface area (Å²) < 4.78 is 11.1. The maximum absolute atomic E-state index is 5.59. The predicted octanol–water partition coefficient (Wildman–Crippen LogP) is 4.79. The third-order valence-electron chi connectivity index (χ3n) is 4.11. The Balaban J connectivity index is 2.00. The van der Waals surface area contributed by atoms with E-state index in [1.165, 1.54) is 42.4 Å². The van der Waals surface area contributed by atoms with Crippen molar-refractivity contribution in [3.63, 3.8) is 0 Å². The zero-order chi connectivity index (χ0) is 13.8. The molecule has 0 fully saturated rings. The molecule has 1 aliphatic heterocycles. The summed E-state index contributed by atoms with van der Waals surface area (Å²) in [6.45, 7) is 9.25. The van der Waals surface area contributed by atoms with Crippen molar-refractivity contribution in [2.24, 2.45) is 5.92 Å². The van der Waals surface area contributed by atoms with E-state index in [1.807, 2.05) is 0 Å². The number of aryl methyl sites for hydroxylation is 2. The largest absolute Gasteiger partial charge is 0.453 e. The third-order valence-corrected chi connectivity index (χ3v) is 4.11. The quantitative estimate of drug-likeness (QED) is 0.733. The first-order valence-electron chi connectivity index (χ1n) is 7.52. The number of benzene rings is 1. The fraction of sp³-hybridized carbons (Fsp3) is 0.647. The molecule has 0 amide bonds. The Morgan fingerprint density at radius 3 is 2.63 bits per heavy atom. The van der Waals surface area contributed by atoms with Gasteiger partial charge in [-0.2, -0.15) is 0 Å². The van der Waals surface area contributed by atoms with Crippen LogP contribution in [0.15, 0.2) is 6.07 Å². The van der Waals surface area contributed by atoms with Gasteiger partial charge >= 0.3 is 0 Å². The zero-order valence-electron chi connectivity index (χ0n) is 12.7. The number of rotatable bonds is 6. The lowest BCUT2D eigenvalue weighted by atomic mass is 9.94. The Bertz CT molecular complexity index is 437. The van der Waals surface area contributed by atoms with Crippen molar-refractivity contribution < 1.29 is 9.47 Å². The van der Waals surface area contributed by atoms with Gasteiger partial charge in [0.15, 0.2) is 11.5 Å². The zero-order valence-corrected chi connectivity index (χ0v) is 12.7. The van der Waals surface area contributed by atoms with Crippen LogP contribution in [0.25, 0.3) is 0 Å². The fourth-order valence-corrected chi connectivity index (χ4v) is 2.97. The molecular weight excluding hydrogens is 236 g/mol. The Kier molecular flexibility index (Phi) is 4.73. The van der Waals surface area contributed by atoms with Gasteiger partial charge in [-0.15, -0.1) is 0 Å². The van der Waals surface area contributed by atoms with Crippen LogP contribution in [0.1, 0.15) is 56.2 Å². The topological polar surface area (TPSA) is 18.5 Å². The SMILES string of the molecule is CCCC(C)CCCc1cc(C)c2c(c1C)OCO2. The van der Waals surface area contributed by atoms with Crippen molar-refractivity contribution in [2.45, 2.75) is 59.8 Å². The second kappa shape index (κ2) is 6.31. The third kappa shape index (κ3) is 3.23. The van der Waals surface area contributed by atoms with Crippen LogP contribution in [0, 0.1) is 19.8 Å². The normalized spacial score (nSPS) is 14.7. The van der Waals surface area contributed by atoms with Crippen molar-refractivity contribution in [1.82, 2.24) is 0 Å². The molecule has 0 saturated heterocycles. The molecule has 19 heavy (non-hydrogen) atoms. The van der Waals surface area contributed by atoms with Crippen molar-refractivity contribution >= 4 is 0 Å². The van der Waals surface area contributed by atoms with Gasteiger partial charge in [0.25, 0.3) is 0 Å². The van der Waals surface area contributed by atoms with E-state index in [0.29, 0.717) is 6.79 Å². The molecule has 2 nitrogen and oxygen atoms in total. The monoisotopic (exact) mass is 262 g/mol. The van der Waals surface area contributed by atoms with Gasteiger partial charge < -0.3 is 9.47 Å². The summed E-state index contributed by atoms with van der Waals surface area (Å²) in [5.41, 5.74) is 3.89. The van der Waals surface area contributed by atoms with E-state index in [2.05, 4.69) is 33.8 Å². The highest BCUT2D eigenvalue weighted by Crippen LogP contribution is 2.40. The standard InChI is InChI=1S/C17H26O2/c1-5-7-12(2)8-6-9-15-10-13(3)16-17(14(15)4)19-11-18-16/h10,12H,5-9,11H2,1-4H3. The summed E-state index contributed by atoms with van der Waals surface area (Å²) in [7, 11) is 0. The second-order valence-corrected chi connectivity index (χ2v) is 5.83. The Morgan fingerprint density at radius 1 is 1.16 bits per heavy atom. The maximum atomic E-state index is 5.59. The van der Waals surface area contributed by atoms with Gasteiger partial charge in [0, 0.05) is 0 Å². The summed E-state index contributed by atoms with van der Waals surface area (Å²) in [5, 5.41) is 0. The van der Waals surface area contributed by atoms with Gasteiger partial charge in [-0.1, -0.05) is 39.2 Å². The van der Waals surface area contributed by atoms with Gasteiger partial charge in [0.1, 0.15) is 0 Å². The average Bonchev–Trinajstić information content (AvgIpc) is 2.85. The molecular formula is C17H26O2. The van der Waals surface area contributed by atoms with E-state index in [4.69, 9.17) is 9.47 Å². The van der Waals surface area contributed by atoms with Gasteiger partial charge in [-0.05, 0) is 49.3 Å². The van der Waals surface area contributed by atoms with Crippen LogP contribution in [-0.2, 0) is 6.42 Å². The van der Waals surface area contributed by atoms with Crippen molar-refractivity contribution in [2.75, 3.05) is 6.79 Å². The molecule has 1 atom stereocenters. The van der Waals surface area contributed by atoms with Gasteiger partial charge in [-0.25, -0.2) is 0 Å².